The van der Waals surface area contributed by atoms with Crippen LogP contribution in [0.15, 0.2) is 72.8 Å². The molecule has 134 valence electrons. The predicted molar refractivity (Wildman–Crippen MR) is 96.1 cm³/mol. The fourth-order valence-electron chi connectivity index (χ4n) is 2.43. The van der Waals surface area contributed by atoms with Crippen molar-refractivity contribution in [3.63, 3.8) is 0 Å². The SMILES string of the molecule is O=C(c1cccc([N+](=O)[O-])c1)c1ccc(Oc2ccccc2)c([N+](=O)[O-])c1. The summed E-state index contributed by atoms with van der Waals surface area (Å²) in [6, 6.07) is 17.5. The van der Waals surface area contributed by atoms with E-state index in [-0.39, 0.29) is 28.3 Å². The third kappa shape index (κ3) is 3.96. The molecule has 0 radical (unpaired) electrons. The first-order valence-corrected chi connectivity index (χ1v) is 7.76. The summed E-state index contributed by atoms with van der Waals surface area (Å²) in [4.78, 5) is 33.6. The molecule has 3 aromatic rings. The lowest BCUT2D eigenvalue weighted by molar-refractivity contribution is -0.385. The van der Waals surface area contributed by atoms with Crippen LogP contribution in [0.3, 0.4) is 0 Å². The Balaban J connectivity index is 1.96. The summed E-state index contributed by atoms with van der Waals surface area (Å²) in [5.41, 5.74) is -0.521. The van der Waals surface area contributed by atoms with Crippen molar-refractivity contribution in [1.82, 2.24) is 0 Å². The van der Waals surface area contributed by atoms with E-state index in [1.165, 1.54) is 30.3 Å². The molecule has 3 aromatic carbocycles. The van der Waals surface area contributed by atoms with E-state index in [1.54, 1.807) is 30.3 Å². The first-order valence-electron chi connectivity index (χ1n) is 7.76. The van der Waals surface area contributed by atoms with Gasteiger partial charge in [0.2, 0.25) is 5.75 Å². The van der Waals surface area contributed by atoms with Crippen LogP contribution in [0.1, 0.15) is 15.9 Å². The van der Waals surface area contributed by atoms with Crippen molar-refractivity contribution < 1.29 is 19.4 Å². The smallest absolute Gasteiger partial charge is 0.312 e. The molecular formula is C19H12N2O6. The van der Waals surface area contributed by atoms with Crippen molar-refractivity contribution >= 4 is 17.2 Å². The zero-order chi connectivity index (χ0) is 19.4. The lowest BCUT2D eigenvalue weighted by Gasteiger charge is -2.08. The number of benzene rings is 3. The van der Waals surface area contributed by atoms with Gasteiger partial charge in [0, 0.05) is 29.3 Å². The normalized spacial score (nSPS) is 10.2. The molecular weight excluding hydrogens is 352 g/mol. The highest BCUT2D eigenvalue weighted by Crippen LogP contribution is 2.32. The summed E-state index contributed by atoms with van der Waals surface area (Å²) >= 11 is 0. The standard InChI is InChI=1S/C19H12N2O6/c22-19(13-5-4-6-15(11-13)20(23)24)14-9-10-18(17(12-14)21(25)26)27-16-7-2-1-3-8-16/h1-12H. The summed E-state index contributed by atoms with van der Waals surface area (Å²) in [6.07, 6.45) is 0. The highest BCUT2D eigenvalue weighted by atomic mass is 16.6. The van der Waals surface area contributed by atoms with E-state index in [0.717, 1.165) is 12.1 Å². The molecule has 0 amide bonds. The molecule has 0 N–H and O–H groups in total. The van der Waals surface area contributed by atoms with Gasteiger partial charge >= 0.3 is 5.69 Å². The average molecular weight is 364 g/mol. The van der Waals surface area contributed by atoms with Gasteiger partial charge in [-0.2, -0.15) is 0 Å². The first kappa shape index (κ1) is 17.7. The largest absolute Gasteiger partial charge is 0.450 e. The number of hydrogen-bond donors (Lipinski definition) is 0. The van der Waals surface area contributed by atoms with Crippen molar-refractivity contribution in [2.45, 2.75) is 0 Å². The van der Waals surface area contributed by atoms with Gasteiger partial charge in [0.05, 0.1) is 9.85 Å². The zero-order valence-corrected chi connectivity index (χ0v) is 13.8. The van der Waals surface area contributed by atoms with Gasteiger partial charge in [0.15, 0.2) is 5.78 Å². The molecule has 0 aliphatic heterocycles. The van der Waals surface area contributed by atoms with E-state index < -0.39 is 15.6 Å². The minimum Gasteiger partial charge on any atom is -0.450 e. The maximum absolute atomic E-state index is 12.6. The van der Waals surface area contributed by atoms with Gasteiger partial charge in [-0.3, -0.25) is 25.0 Å². The molecule has 27 heavy (non-hydrogen) atoms. The lowest BCUT2D eigenvalue weighted by Crippen LogP contribution is -2.04. The Morgan fingerprint density at radius 2 is 1.48 bits per heavy atom. The number of non-ortho nitro benzene ring substituents is 1. The second kappa shape index (κ2) is 7.44. The molecule has 8 nitrogen and oxygen atoms in total. The second-order valence-electron chi connectivity index (χ2n) is 5.49. The third-order valence-corrected chi connectivity index (χ3v) is 3.71. The number of carbonyl (C=O) groups excluding carboxylic acids is 1. The number of para-hydroxylation sites is 1. The third-order valence-electron chi connectivity index (χ3n) is 3.71. The molecule has 8 heteroatoms. The maximum atomic E-state index is 12.6. The number of carbonyl (C=O) groups is 1. The Morgan fingerprint density at radius 3 is 2.15 bits per heavy atom. The number of ketones is 1. The number of nitro groups is 2. The first-order chi connectivity index (χ1) is 13.0. The summed E-state index contributed by atoms with van der Waals surface area (Å²) in [5, 5.41) is 22.3. The van der Waals surface area contributed by atoms with Gasteiger partial charge in [-0.25, -0.2) is 0 Å². The van der Waals surface area contributed by atoms with Crippen LogP contribution < -0.4 is 4.74 Å². The van der Waals surface area contributed by atoms with Gasteiger partial charge in [0.25, 0.3) is 5.69 Å². The number of nitrogens with zero attached hydrogens (tertiary/aromatic N) is 2. The highest BCUT2D eigenvalue weighted by Gasteiger charge is 2.21. The van der Waals surface area contributed by atoms with Crippen molar-refractivity contribution in [3.8, 4) is 11.5 Å². The van der Waals surface area contributed by atoms with Gasteiger partial charge < -0.3 is 4.74 Å². The Kier molecular flexibility index (Phi) is 4.89. The maximum Gasteiger partial charge on any atom is 0.312 e. The summed E-state index contributed by atoms with van der Waals surface area (Å²) in [5.74, 6) is -0.159. The van der Waals surface area contributed by atoms with E-state index in [2.05, 4.69) is 0 Å². The number of ether oxygens (including phenoxy) is 1. The van der Waals surface area contributed by atoms with Gasteiger partial charge in [-0.15, -0.1) is 0 Å². The topological polar surface area (TPSA) is 113 Å². The van der Waals surface area contributed by atoms with Crippen molar-refractivity contribution in [1.29, 1.82) is 0 Å². The zero-order valence-electron chi connectivity index (χ0n) is 13.8. The molecule has 0 saturated carbocycles. The Hall–Kier alpha value is -4.07. The number of rotatable bonds is 6. The van der Waals surface area contributed by atoms with Crippen LogP contribution in [0.2, 0.25) is 0 Å². The van der Waals surface area contributed by atoms with E-state index >= 15 is 0 Å². The molecule has 0 aliphatic carbocycles. The Labute approximate surface area is 152 Å². The van der Waals surface area contributed by atoms with E-state index in [0.29, 0.717) is 5.75 Å². The summed E-state index contributed by atoms with van der Waals surface area (Å²) < 4.78 is 5.52. The molecule has 0 bridgehead atoms. The van der Waals surface area contributed by atoms with Crippen LogP contribution in [-0.4, -0.2) is 15.6 Å². The van der Waals surface area contributed by atoms with Crippen molar-refractivity contribution in [2.24, 2.45) is 0 Å². The highest BCUT2D eigenvalue weighted by molar-refractivity contribution is 6.09. The van der Waals surface area contributed by atoms with Crippen molar-refractivity contribution in [2.75, 3.05) is 0 Å². The fourth-order valence-corrected chi connectivity index (χ4v) is 2.43. The summed E-state index contributed by atoms with van der Waals surface area (Å²) in [6.45, 7) is 0. The van der Waals surface area contributed by atoms with Gasteiger partial charge in [-0.1, -0.05) is 30.3 Å². The molecule has 0 saturated heterocycles. The Bertz CT molecular complexity index is 1030. The minimum atomic E-state index is -0.650. The minimum absolute atomic E-state index is 0.0122. The van der Waals surface area contributed by atoms with Gasteiger partial charge in [0.1, 0.15) is 5.75 Å². The van der Waals surface area contributed by atoms with Crippen LogP contribution in [-0.2, 0) is 0 Å². The quantitative estimate of drug-likeness (QED) is 0.361. The van der Waals surface area contributed by atoms with Crippen molar-refractivity contribution in [3.05, 3.63) is 104 Å². The molecule has 0 atom stereocenters. The predicted octanol–water partition coefficient (Wildman–Crippen LogP) is 4.53. The molecule has 0 aromatic heterocycles. The Morgan fingerprint density at radius 1 is 0.778 bits per heavy atom. The monoisotopic (exact) mass is 364 g/mol. The van der Waals surface area contributed by atoms with Crippen LogP contribution in [0, 0.1) is 20.2 Å². The summed E-state index contributed by atoms with van der Waals surface area (Å²) in [7, 11) is 0. The lowest BCUT2D eigenvalue weighted by atomic mass is 10.0. The van der Waals surface area contributed by atoms with Crippen LogP contribution in [0.5, 0.6) is 11.5 Å². The second-order valence-corrected chi connectivity index (χ2v) is 5.49. The van der Waals surface area contributed by atoms with E-state index in [1.807, 2.05) is 0 Å². The molecule has 0 unspecified atom stereocenters. The molecule has 0 heterocycles. The number of nitro benzene ring substituents is 2. The van der Waals surface area contributed by atoms with Crippen LogP contribution in [0.4, 0.5) is 11.4 Å². The van der Waals surface area contributed by atoms with E-state index in [9.17, 15) is 25.0 Å². The molecule has 0 fully saturated rings. The molecule has 3 rings (SSSR count). The van der Waals surface area contributed by atoms with E-state index in [4.69, 9.17) is 4.74 Å². The molecule has 0 aliphatic rings. The average Bonchev–Trinajstić information content (AvgIpc) is 2.68. The number of hydrogen-bond acceptors (Lipinski definition) is 6. The van der Waals surface area contributed by atoms with Crippen LogP contribution >= 0.6 is 0 Å². The fraction of sp³-hybridized carbons (Fsp3) is 0. The van der Waals surface area contributed by atoms with Gasteiger partial charge in [-0.05, 0) is 24.3 Å². The molecule has 0 spiro atoms. The van der Waals surface area contributed by atoms with Crippen LogP contribution in [0.25, 0.3) is 0 Å².